The second-order valence-electron chi connectivity index (χ2n) is 6.86. The molecule has 1 N–H and O–H groups in total. The molecular formula is C22H20N4O. The third-order valence-corrected chi connectivity index (χ3v) is 4.22. The van der Waals surface area contributed by atoms with Crippen molar-refractivity contribution in [3.05, 3.63) is 71.3 Å². The first-order valence-corrected chi connectivity index (χ1v) is 8.74. The predicted molar refractivity (Wildman–Crippen MR) is 105 cm³/mol. The molecule has 0 bridgehead atoms. The molecule has 0 amide bonds. The van der Waals surface area contributed by atoms with Gasteiger partial charge < -0.3 is 10.1 Å². The van der Waals surface area contributed by atoms with Gasteiger partial charge in [-0.25, -0.2) is 0 Å². The lowest BCUT2D eigenvalue weighted by atomic mass is 9.97. The van der Waals surface area contributed by atoms with Gasteiger partial charge in [0.25, 0.3) is 0 Å². The molecular weight excluding hydrogens is 336 g/mol. The molecule has 134 valence electrons. The zero-order valence-corrected chi connectivity index (χ0v) is 15.4. The summed E-state index contributed by atoms with van der Waals surface area (Å²) in [5, 5.41) is 21.6. The van der Waals surface area contributed by atoms with Gasteiger partial charge in [-0.15, -0.1) is 0 Å². The maximum Gasteiger partial charge on any atom is 0.207 e. The molecule has 0 aromatic heterocycles. The molecule has 2 aromatic carbocycles. The number of rotatable bonds is 4. The zero-order chi connectivity index (χ0) is 19.3. The fourth-order valence-corrected chi connectivity index (χ4v) is 3.01. The summed E-state index contributed by atoms with van der Waals surface area (Å²) in [6, 6.07) is 17.5. The number of ether oxygens (including phenoxy) is 1. The SMILES string of the molecule is CC1(C)C=C(N/C(CCc2ccccc2)=N\C#N)c2cc(C#N)ccc2O1. The van der Waals surface area contributed by atoms with Crippen molar-refractivity contribution < 1.29 is 4.74 Å². The Kier molecular flexibility index (Phi) is 5.24. The first-order valence-electron chi connectivity index (χ1n) is 8.74. The van der Waals surface area contributed by atoms with Gasteiger partial charge in [0.2, 0.25) is 6.19 Å². The van der Waals surface area contributed by atoms with Gasteiger partial charge in [-0.3, -0.25) is 0 Å². The first kappa shape index (κ1) is 18.2. The van der Waals surface area contributed by atoms with Gasteiger partial charge in [-0.2, -0.15) is 15.5 Å². The fourth-order valence-electron chi connectivity index (χ4n) is 3.01. The summed E-state index contributed by atoms with van der Waals surface area (Å²) in [7, 11) is 0. The van der Waals surface area contributed by atoms with Crippen LogP contribution in [0.2, 0.25) is 0 Å². The van der Waals surface area contributed by atoms with Crippen LogP contribution in [0.15, 0.2) is 59.6 Å². The highest BCUT2D eigenvalue weighted by atomic mass is 16.5. The van der Waals surface area contributed by atoms with Crippen LogP contribution in [0, 0.1) is 22.8 Å². The average Bonchev–Trinajstić information content (AvgIpc) is 2.66. The van der Waals surface area contributed by atoms with Gasteiger partial charge in [-0.1, -0.05) is 30.3 Å². The van der Waals surface area contributed by atoms with Crippen molar-refractivity contribution in [3.8, 4) is 18.0 Å². The molecule has 5 heteroatoms. The largest absolute Gasteiger partial charge is 0.483 e. The lowest BCUT2D eigenvalue weighted by Crippen LogP contribution is -2.33. The normalized spacial score (nSPS) is 14.8. The molecule has 2 aromatic rings. The van der Waals surface area contributed by atoms with Gasteiger partial charge in [0.1, 0.15) is 17.2 Å². The van der Waals surface area contributed by atoms with Crippen molar-refractivity contribution in [2.75, 3.05) is 0 Å². The Labute approximate surface area is 159 Å². The van der Waals surface area contributed by atoms with E-state index >= 15 is 0 Å². The van der Waals surface area contributed by atoms with E-state index < -0.39 is 5.60 Å². The van der Waals surface area contributed by atoms with E-state index in [1.54, 1.807) is 18.2 Å². The monoisotopic (exact) mass is 356 g/mol. The van der Waals surface area contributed by atoms with Crippen LogP contribution in [0.4, 0.5) is 0 Å². The van der Waals surface area contributed by atoms with Crippen LogP contribution < -0.4 is 10.1 Å². The number of fused-ring (bicyclic) bond motifs is 1. The topological polar surface area (TPSA) is 81.2 Å². The average molecular weight is 356 g/mol. The summed E-state index contributed by atoms with van der Waals surface area (Å²) in [6.45, 7) is 3.92. The van der Waals surface area contributed by atoms with E-state index in [4.69, 9.17) is 10.00 Å². The summed E-state index contributed by atoms with van der Waals surface area (Å²) >= 11 is 0. The standard InChI is InChI=1S/C22H20N4O/c1-22(2)13-19(18-12-17(14-23)8-10-20(18)27-22)26-21(25-15-24)11-9-16-6-4-3-5-7-16/h3-8,10,12-13H,9,11H2,1-2H3,(H,25,26). The highest BCUT2D eigenvalue weighted by Crippen LogP contribution is 2.35. The lowest BCUT2D eigenvalue weighted by Gasteiger charge is -2.31. The Morgan fingerprint density at radius 1 is 1.15 bits per heavy atom. The molecule has 0 aliphatic carbocycles. The Hall–Kier alpha value is -3.57. The van der Waals surface area contributed by atoms with Crippen LogP contribution in [-0.4, -0.2) is 11.4 Å². The van der Waals surface area contributed by atoms with Gasteiger partial charge in [0.15, 0.2) is 0 Å². The summed E-state index contributed by atoms with van der Waals surface area (Å²) < 4.78 is 5.99. The maximum absolute atomic E-state index is 9.21. The smallest absolute Gasteiger partial charge is 0.207 e. The minimum Gasteiger partial charge on any atom is -0.483 e. The number of benzene rings is 2. The third-order valence-electron chi connectivity index (χ3n) is 4.22. The first-order chi connectivity index (χ1) is 13.0. The molecule has 0 atom stereocenters. The van der Waals surface area contributed by atoms with Crippen LogP contribution in [0.3, 0.4) is 0 Å². The number of hydrogen-bond acceptors (Lipinski definition) is 4. The van der Waals surface area contributed by atoms with Gasteiger partial charge in [-0.05, 0) is 50.1 Å². The number of aliphatic imine (C=N–C) groups is 1. The molecule has 0 radical (unpaired) electrons. The van der Waals surface area contributed by atoms with Crippen molar-refractivity contribution in [2.45, 2.75) is 32.3 Å². The van der Waals surface area contributed by atoms with Crippen LogP contribution >= 0.6 is 0 Å². The number of nitriles is 2. The summed E-state index contributed by atoms with van der Waals surface area (Å²) in [4.78, 5) is 3.96. The molecule has 5 nitrogen and oxygen atoms in total. The molecule has 0 fully saturated rings. The summed E-state index contributed by atoms with van der Waals surface area (Å²) in [6.07, 6.45) is 5.20. The van der Waals surface area contributed by atoms with Crippen molar-refractivity contribution >= 4 is 11.5 Å². The van der Waals surface area contributed by atoms with Crippen molar-refractivity contribution in [1.82, 2.24) is 5.32 Å². The van der Waals surface area contributed by atoms with Crippen LogP contribution in [0.5, 0.6) is 5.75 Å². The van der Waals surface area contributed by atoms with Crippen LogP contribution in [0.1, 0.15) is 37.0 Å². The molecule has 0 unspecified atom stereocenters. The minimum atomic E-state index is -0.513. The van der Waals surface area contributed by atoms with Gasteiger partial charge in [0.05, 0.1) is 17.3 Å². The Balaban J connectivity index is 1.87. The lowest BCUT2D eigenvalue weighted by molar-refractivity contribution is 0.157. The zero-order valence-electron chi connectivity index (χ0n) is 15.4. The molecule has 1 aliphatic heterocycles. The summed E-state index contributed by atoms with van der Waals surface area (Å²) in [5.74, 6) is 1.28. The second kappa shape index (κ2) is 7.76. The van der Waals surface area contributed by atoms with Crippen molar-refractivity contribution in [1.29, 1.82) is 10.5 Å². The molecule has 0 saturated carbocycles. The van der Waals surface area contributed by atoms with Crippen LogP contribution in [-0.2, 0) is 6.42 Å². The van der Waals surface area contributed by atoms with Gasteiger partial charge in [0, 0.05) is 12.0 Å². The molecule has 3 rings (SSSR count). The highest BCUT2D eigenvalue weighted by Gasteiger charge is 2.27. The Morgan fingerprint density at radius 3 is 2.63 bits per heavy atom. The number of aryl methyl sites for hydroxylation is 1. The van der Waals surface area contributed by atoms with E-state index in [1.165, 1.54) is 5.56 Å². The van der Waals surface area contributed by atoms with E-state index in [-0.39, 0.29) is 0 Å². The Bertz CT molecular complexity index is 976. The number of amidine groups is 1. The van der Waals surface area contributed by atoms with E-state index in [1.807, 2.05) is 44.3 Å². The molecule has 0 spiro atoms. The quantitative estimate of drug-likeness (QED) is 0.506. The highest BCUT2D eigenvalue weighted by molar-refractivity contribution is 5.93. The second-order valence-corrected chi connectivity index (χ2v) is 6.86. The molecule has 27 heavy (non-hydrogen) atoms. The van der Waals surface area contributed by atoms with Crippen molar-refractivity contribution in [2.24, 2.45) is 4.99 Å². The van der Waals surface area contributed by atoms with E-state index in [9.17, 15) is 5.26 Å². The minimum absolute atomic E-state index is 0.513. The third kappa shape index (κ3) is 4.54. The maximum atomic E-state index is 9.21. The number of hydrogen-bond donors (Lipinski definition) is 1. The number of nitrogens with one attached hydrogen (secondary N) is 1. The Morgan fingerprint density at radius 2 is 1.93 bits per heavy atom. The van der Waals surface area contributed by atoms with Gasteiger partial charge >= 0.3 is 0 Å². The molecule has 1 aliphatic rings. The predicted octanol–water partition coefficient (Wildman–Crippen LogP) is 4.17. The van der Waals surface area contributed by atoms with E-state index in [0.29, 0.717) is 23.6 Å². The van der Waals surface area contributed by atoms with E-state index in [0.717, 1.165) is 17.7 Å². The summed E-state index contributed by atoms with van der Waals surface area (Å²) in [5.41, 5.74) is 2.80. The van der Waals surface area contributed by atoms with Crippen molar-refractivity contribution in [3.63, 3.8) is 0 Å². The molecule has 1 heterocycles. The van der Waals surface area contributed by atoms with E-state index in [2.05, 4.69) is 28.5 Å². The fraction of sp³-hybridized carbons (Fsp3) is 0.227. The number of nitrogens with zero attached hydrogens (tertiary/aromatic N) is 3. The van der Waals surface area contributed by atoms with Crippen LogP contribution in [0.25, 0.3) is 5.70 Å². The molecule has 0 saturated heterocycles.